The summed E-state index contributed by atoms with van der Waals surface area (Å²) in [5, 5.41) is 3.67. The molecule has 1 aliphatic carbocycles. The third-order valence-electron chi connectivity index (χ3n) is 3.85. The van der Waals surface area contributed by atoms with Gasteiger partial charge in [0.25, 0.3) is 0 Å². The molecular formula is C11H21N. The Morgan fingerprint density at radius 2 is 2.00 bits per heavy atom. The van der Waals surface area contributed by atoms with Gasteiger partial charge in [-0.15, -0.1) is 0 Å². The number of rotatable bonds is 1. The van der Waals surface area contributed by atoms with E-state index in [9.17, 15) is 0 Å². The molecule has 0 unspecified atom stereocenters. The van der Waals surface area contributed by atoms with Crippen LogP contribution < -0.4 is 5.32 Å². The van der Waals surface area contributed by atoms with Gasteiger partial charge in [-0.25, -0.2) is 0 Å². The van der Waals surface area contributed by atoms with Gasteiger partial charge in [-0.2, -0.15) is 0 Å². The zero-order chi connectivity index (χ0) is 8.44. The molecule has 0 aromatic carbocycles. The standard InChI is InChI=1S/C11H21N/c1-2-10-8-11(9-12-10)6-4-3-5-7-11/h10,12H,2-9H2,1H3/t10-/m0/s1. The second kappa shape index (κ2) is 3.37. The topological polar surface area (TPSA) is 12.0 Å². The lowest BCUT2D eigenvalue weighted by Gasteiger charge is -2.32. The van der Waals surface area contributed by atoms with Crippen LogP contribution in [0.5, 0.6) is 0 Å². The van der Waals surface area contributed by atoms with E-state index in [0.29, 0.717) is 0 Å². The third-order valence-corrected chi connectivity index (χ3v) is 3.85. The minimum Gasteiger partial charge on any atom is -0.313 e. The molecule has 0 bridgehead atoms. The fourth-order valence-electron chi connectivity index (χ4n) is 3.00. The van der Waals surface area contributed by atoms with Gasteiger partial charge in [0.2, 0.25) is 0 Å². The zero-order valence-electron chi connectivity index (χ0n) is 8.23. The maximum atomic E-state index is 3.67. The first-order valence-electron chi connectivity index (χ1n) is 5.58. The predicted octanol–water partition coefficient (Wildman–Crippen LogP) is 2.71. The summed E-state index contributed by atoms with van der Waals surface area (Å²) < 4.78 is 0. The Hall–Kier alpha value is -0.0400. The molecule has 12 heavy (non-hydrogen) atoms. The summed E-state index contributed by atoms with van der Waals surface area (Å²) in [6, 6.07) is 0.836. The van der Waals surface area contributed by atoms with Crippen molar-refractivity contribution in [2.75, 3.05) is 6.54 Å². The second-order valence-electron chi connectivity index (χ2n) is 4.75. The van der Waals surface area contributed by atoms with Crippen LogP contribution in [-0.2, 0) is 0 Å². The molecule has 1 aliphatic heterocycles. The number of hydrogen-bond acceptors (Lipinski definition) is 1. The van der Waals surface area contributed by atoms with Crippen LogP contribution in [0.15, 0.2) is 0 Å². The lowest BCUT2D eigenvalue weighted by molar-refractivity contribution is 0.211. The zero-order valence-corrected chi connectivity index (χ0v) is 8.23. The van der Waals surface area contributed by atoms with Crippen molar-refractivity contribution in [2.24, 2.45) is 5.41 Å². The molecule has 0 aromatic rings. The Morgan fingerprint density at radius 1 is 1.25 bits per heavy atom. The first-order valence-corrected chi connectivity index (χ1v) is 5.58. The van der Waals surface area contributed by atoms with Crippen molar-refractivity contribution in [1.29, 1.82) is 0 Å². The first kappa shape index (κ1) is 8.55. The minimum absolute atomic E-state index is 0.735. The van der Waals surface area contributed by atoms with Crippen molar-refractivity contribution >= 4 is 0 Å². The Labute approximate surface area is 75.9 Å². The second-order valence-corrected chi connectivity index (χ2v) is 4.75. The van der Waals surface area contributed by atoms with Gasteiger partial charge in [0.1, 0.15) is 0 Å². The van der Waals surface area contributed by atoms with Gasteiger partial charge in [-0.05, 0) is 31.1 Å². The van der Waals surface area contributed by atoms with E-state index in [0.717, 1.165) is 11.5 Å². The maximum Gasteiger partial charge on any atom is 0.00704 e. The quantitative estimate of drug-likeness (QED) is 0.633. The van der Waals surface area contributed by atoms with E-state index < -0.39 is 0 Å². The third kappa shape index (κ3) is 1.52. The van der Waals surface area contributed by atoms with Gasteiger partial charge < -0.3 is 5.32 Å². The highest BCUT2D eigenvalue weighted by Gasteiger charge is 2.38. The Morgan fingerprint density at radius 3 is 2.58 bits per heavy atom. The molecule has 1 heteroatoms. The average Bonchev–Trinajstić information content (AvgIpc) is 2.50. The van der Waals surface area contributed by atoms with E-state index in [2.05, 4.69) is 12.2 Å². The van der Waals surface area contributed by atoms with Crippen molar-refractivity contribution < 1.29 is 0 Å². The van der Waals surface area contributed by atoms with Gasteiger partial charge in [0, 0.05) is 12.6 Å². The largest absolute Gasteiger partial charge is 0.313 e. The smallest absolute Gasteiger partial charge is 0.00704 e. The lowest BCUT2D eigenvalue weighted by Crippen LogP contribution is -2.26. The molecule has 2 fully saturated rings. The van der Waals surface area contributed by atoms with Gasteiger partial charge in [0.05, 0.1) is 0 Å². The minimum atomic E-state index is 0.735. The molecule has 0 amide bonds. The number of hydrogen-bond donors (Lipinski definition) is 1. The summed E-state index contributed by atoms with van der Waals surface area (Å²) in [5.74, 6) is 0. The normalized spacial score (nSPS) is 34.2. The van der Waals surface area contributed by atoms with Gasteiger partial charge in [-0.3, -0.25) is 0 Å². The first-order chi connectivity index (χ1) is 5.85. The van der Waals surface area contributed by atoms with Crippen molar-refractivity contribution in [2.45, 2.75) is 57.9 Å². The van der Waals surface area contributed by atoms with Crippen LogP contribution in [0.4, 0.5) is 0 Å². The highest BCUT2D eigenvalue weighted by molar-refractivity contribution is 4.94. The van der Waals surface area contributed by atoms with E-state index in [1.54, 1.807) is 0 Å². The molecule has 0 aromatic heterocycles. The highest BCUT2D eigenvalue weighted by atomic mass is 15.0. The van der Waals surface area contributed by atoms with Gasteiger partial charge in [-0.1, -0.05) is 26.2 Å². The van der Waals surface area contributed by atoms with Crippen LogP contribution in [0.1, 0.15) is 51.9 Å². The molecule has 1 nitrogen and oxygen atoms in total. The molecule has 0 radical (unpaired) electrons. The average molecular weight is 167 g/mol. The predicted molar refractivity (Wildman–Crippen MR) is 52.2 cm³/mol. The van der Waals surface area contributed by atoms with Gasteiger partial charge in [0.15, 0.2) is 0 Å². The molecule has 1 saturated carbocycles. The maximum absolute atomic E-state index is 3.67. The Kier molecular flexibility index (Phi) is 2.40. The van der Waals surface area contributed by atoms with E-state index in [4.69, 9.17) is 0 Å². The van der Waals surface area contributed by atoms with Crippen LogP contribution in [0, 0.1) is 5.41 Å². The van der Waals surface area contributed by atoms with Crippen LogP contribution in [-0.4, -0.2) is 12.6 Å². The summed E-state index contributed by atoms with van der Waals surface area (Å²) >= 11 is 0. The molecule has 70 valence electrons. The monoisotopic (exact) mass is 167 g/mol. The molecular weight excluding hydrogens is 146 g/mol. The summed E-state index contributed by atoms with van der Waals surface area (Å²) in [4.78, 5) is 0. The van der Waals surface area contributed by atoms with Crippen LogP contribution in [0.2, 0.25) is 0 Å². The summed E-state index contributed by atoms with van der Waals surface area (Å²) in [5.41, 5.74) is 0.735. The summed E-state index contributed by atoms with van der Waals surface area (Å²) in [6.45, 7) is 3.62. The van der Waals surface area contributed by atoms with E-state index in [1.165, 1.54) is 51.5 Å². The fraction of sp³-hybridized carbons (Fsp3) is 1.00. The SMILES string of the molecule is CC[C@H]1CC2(CCCCC2)CN1. The van der Waals surface area contributed by atoms with E-state index in [-0.39, 0.29) is 0 Å². The van der Waals surface area contributed by atoms with Crippen molar-refractivity contribution in [3.63, 3.8) is 0 Å². The molecule has 2 rings (SSSR count). The van der Waals surface area contributed by atoms with Crippen LogP contribution >= 0.6 is 0 Å². The van der Waals surface area contributed by atoms with Gasteiger partial charge >= 0.3 is 0 Å². The lowest BCUT2D eigenvalue weighted by atomic mass is 9.72. The molecule has 2 aliphatic rings. The van der Waals surface area contributed by atoms with Crippen LogP contribution in [0.25, 0.3) is 0 Å². The Balaban J connectivity index is 1.94. The van der Waals surface area contributed by atoms with Crippen molar-refractivity contribution in [3.8, 4) is 0 Å². The molecule has 1 atom stereocenters. The molecule has 1 N–H and O–H groups in total. The van der Waals surface area contributed by atoms with Crippen LogP contribution in [0.3, 0.4) is 0 Å². The molecule has 1 spiro atoms. The molecule has 1 heterocycles. The number of nitrogens with one attached hydrogen (secondary N) is 1. The summed E-state index contributed by atoms with van der Waals surface area (Å²) in [6.07, 6.45) is 10.2. The van der Waals surface area contributed by atoms with E-state index >= 15 is 0 Å². The highest BCUT2D eigenvalue weighted by Crippen LogP contribution is 2.43. The Bertz CT molecular complexity index is 147. The van der Waals surface area contributed by atoms with E-state index in [1.807, 2.05) is 0 Å². The fourth-order valence-corrected chi connectivity index (χ4v) is 3.00. The van der Waals surface area contributed by atoms with Crippen molar-refractivity contribution in [1.82, 2.24) is 5.32 Å². The van der Waals surface area contributed by atoms with Crippen molar-refractivity contribution in [3.05, 3.63) is 0 Å². The molecule has 1 saturated heterocycles. The summed E-state index contributed by atoms with van der Waals surface area (Å²) in [7, 11) is 0.